The first-order chi connectivity index (χ1) is 14.3. The Morgan fingerprint density at radius 3 is 2.53 bits per heavy atom. The first kappa shape index (κ1) is 21.7. The van der Waals surface area contributed by atoms with Gasteiger partial charge in [-0.1, -0.05) is 22.9 Å². The largest absolute Gasteiger partial charge is 0.332 e. The van der Waals surface area contributed by atoms with Crippen LogP contribution in [0.25, 0.3) is 5.69 Å². The second-order valence-electron chi connectivity index (χ2n) is 6.92. The molecule has 0 aliphatic carbocycles. The summed E-state index contributed by atoms with van der Waals surface area (Å²) in [5, 5.41) is 7.13. The molecule has 2 aromatic carbocycles. The zero-order chi connectivity index (χ0) is 21.8. The van der Waals surface area contributed by atoms with Crippen molar-refractivity contribution < 1.29 is 14.0 Å². The van der Waals surface area contributed by atoms with E-state index in [0.29, 0.717) is 29.1 Å². The van der Waals surface area contributed by atoms with Crippen LogP contribution in [-0.2, 0) is 11.2 Å². The van der Waals surface area contributed by atoms with Gasteiger partial charge in [0.2, 0.25) is 5.91 Å². The molecule has 0 radical (unpaired) electrons. The van der Waals surface area contributed by atoms with Gasteiger partial charge < -0.3 is 10.2 Å². The predicted octanol–water partition coefficient (Wildman–Crippen LogP) is 4.36. The van der Waals surface area contributed by atoms with Gasteiger partial charge in [0, 0.05) is 17.2 Å². The van der Waals surface area contributed by atoms with E-state index in [4.69, 9.17) is 0 Å². The number of carbonyl (C=O) groups excluding carboxylic acids is 2. The molecule has 3 rings (SSSR count). The van der Waals surface area contributed by atoms with Crippen molar-refractivity contribution in [3.63, 3.8) is 0 Å². The first-order valence-corrected chi connectivity index (χ1v) is 10.2. The summed E-state index contributed by atoms with van der Waals surface area (Å²) in [5.41, 5.74) is 3.39. The molecule has 30 heavy (non-hydrogen) atoms. The number of carbonyl (C=O) groups is 2. The fraction of sp³-hybridized carbons (Fsp3) is 0.227. The topological polar surface area (TPSA) is 67.2 Å². The third-order valence-electron chi connectivity index (χ3n) is 4.70. The Morgan fingerprint density at radius 1 is 1.20 bits per heavy atom. The van der Waals surface area contributed by atoms with E-state index in [-0.39, 0.29) is 24.2 Å². The lowest BCUT2D eigenvalue weighted by Gasteiger charge is -2.18. The van der Waals surface area contributed by atoms with Crippen LogP contribution in [0.1, 0.15) is 28.5 Å². The molecule has 0 bridgehead atoms. The van der Waals surface area contributed by atoms with Crippen LogP contribution in [-0.4, -0.2) is 40.1 Å². The summed E-state index contributed by atoms with van der Waals surface area (Å²) in [6.45, 7) is 3.71. The molecule has 1 N–H and O–H groups in total. The summed E-state index contributed by atoms with van der Waals surface area (Å²) in [6, 6.07) is 11.5. The van der Waals surface area contributed by atoms with Crippen molar-refractivity contribution in [3.05, 3.63) is 75.8 Å². The highest BCUT2D eigenvalue weighted by molar-refractivity contribution is 9.10. The van der Waals surface area contributed by atoms with E-state index in [9.17, 15) is 14.0 Å². The lowest BCUT2D eigenvalue weighted by Crippen LogP contribution is -2.35. The molecule has 2 amide bonds. The standard InChI is InChI=1S/C22H22BrFN4O2/c1-4-20-18(12-25-28(20)17-8-6-16(24)7-9-17)22(30)27(3)13-21(29)26-19-10-5-15(23)11-14(19)2/h5-12H,4,13H2,1-3H3,(H,26,29). The van der Waals surface area contributed by atoms with Crippen LogP contribution in [0.5, 0.6) is 0 Å². The van der Waals surface area contributed by atoms with Crippen LogP contribution in [0.15, 0.2) is 53.1 Å². The highest BCUT2D eigenvalue weighted by atomic mass is 79.9. The van der Waals surface area contributed by atoms with Gasteiger partial charge in [-0.2, -0.15) is 5.10 Å². The highest BCUT2D eigenvalue weighted by Gasteiger charge is 2.22. The number of anilines is 1. The number of aryl methyl sites for hydroxylation is 1. The van der Waals surface area contributed by atoms with Crippen molar-refractivity contribution >= 4 is 33.4 Å². The van der Waals surface area contributed by atoms with Gasteiger partial charge in [-0.05, 0) is 61.4 Å². The normalized spacial score (nSPS) is 10.7. The van der Waals surface area contributed by atoms with E-state index in [1.54, 1.807) is 29.9 Å². The number of nitrogens with zero attached hydrogens (tertiary/aromatic N) is 3. The number of nitrogens with one attached hydrogen (secondary N) is 1. The smallest absolute Gasteiger partial charge is 0.257 e. The maximum absolute atomic E-state index is 13.2. The number of benzene rings is 2. The minimum Gasteiger partial charge on any atom is -0.332 e. The Kier molecular flexibility index (Phi) is 6.66. The van der Waals surface area contributed by atoms with Gasteiger partial charge in [-0.15, -0.1) is 0 Å². The molecule has 0 saturated heterocycles. The van der Waals surface area contributed by atoms with Crippen molar-refractivity contribution in [1.29, 1.82) is 0 Å². The molecule has 0 fully saturated rings. The monoisotopic (exact) mass is 472 g/mol. The number of hydrogen-bond donors (Lipinski definition) is 1. The second-order valence-corrected chi connectivity index (χ2v) is 7.83. The molecule has 0 saturated carbocycles. The molecular formula is C22H22BrFN4O2. The lowest BCUT2D eigenvalue weighted by atomic mass is 10.1. The zero-order valence-corrected chi connectivity index (χ0v) is 18.5. The van der Waals surface area contributed by atoms with Crippen molar-refractivity contribution in [3.8, 4) is 5.69 Å². The lowest BCUT2D eigenvalue weighted by molar-refractivity contribution is -0.116. The first-order valence-electron chi connectivity index (χ1n) is 9.44. The number of aromatic nitrogens is 2. The molecule has 6 nitrogen and oxygen atoms in total. The van der Waals surface area contributed by atoms with Crippen LogP contribution < -0.4 is 5.32 Å². The molecule has 0 aliphatic heterocycles. The summed E-state index contributed by atoms with van der Waals surface area (Å²) in [5.74, 6) is -0.935. The average molecular weight is 473 g/mol. The zero-order valence-electron chi connectivity index (χ0n) is 16.9. The molecule has 0 unspecified atom stereocenters. The van der Waals surface area contributed by atoms with Gasteiger partial charge in [0.25, 0.3) is 5.91 Å². The molecule has 1 aromatic heterocycles. The summed E-state index contributed by atoms with van der Waals surface area (Å²) < 4.78 is 15.8. The van der Waals surface area contributed by atoms with Crippen LogP contribution in [0.2, 0.25) is 0 Å². The number of amides is 2. The van der Waals surface area contributed by atoms with Crippen LogP contribution >= 0.6 is 15.9 Å². The Labute approximate surface area is 182 Å². The summed E-state index contributed by atoms with van der Waals surface area (Å²) in [7, 11) is 1.57. The number of halogens is 2. The van der Waals surface area contributed by atoms with Crippen LogP contribution in [0.3, 0.4) is 0 Å². The van der Waals surface area contributed by atoms with E-state index >= 15 is 0 Å². The van der Waals surface area contributed by atoms with E-state index in [1.807, 2.05) is 26.0 Å². The third kappa shape index (κ3) is 4.76. The summed E-state index contributed by atoms with van der Waals surface area (Å²) in [4.78, 5) is 26.7. The van der Waals surface area contributed by atoms with Crippen LogP contribution in [0.4, 0.5) is 10.1 Å². The Hall–Kier alpha value is -3.00. The van der Waals surface area contributed by atoms with Crippen LogP contribution in [0, 0.1) is 12.7 Å². The van der Waals surface area contributed by atoms with Crippen molar-refractivity contribution in [2.45, 2.75) is 20.3 Å². The molecule has 3 aromatic rings. The highest BCUT2D eigenvalue weighted by Crippen LogP contribution is 2.20. The third-order valence-corrected chi connectivity index (χ3v) is 5.19. The maximum atomic E-state index is 13.2. The van der Waals surface area contributed by atoms with Crippen molar-refractivity contribution in [2.75, 3.05) is 18.9 Å². The molecule has 0 aliphatic rings. The Morgan fingerprint density at radius 2 is 1.90 bits per heavy atom. The maximum Gasteiger partial charge on any atom is 0.257 e. The van der Waals surface area contributed by atoms with Gasteiger partial charge in [-0.3, -0.25) is 9.59 Å². The fourth-order valence-electron chi connectivity index (χ4n) is 3.15. The van der Waals surface area contributed by atoms with Gasteiger partial charge in [0.1, 0.15) is 5.82 Å². The Balaban J connectivity index is 1.74. The quantitative estimate of drug-likeness (QED) is 0.579. The second kappa shape index (κ2) is 9.21. The van der Waals surface area contributed by atoms with Gasteiger partial charge in [0.15, 0.2) is 0 Å². The van der Waals surface area contributed by atoms with Crippen molar-refractivity contribution in [2.24, 2.45) is 0 Å². The van der Waals surface area contributed by atoms with E-state index < -0.39 is 0 Å². The number of likely N-dealkylation sites (N-methyl/N-ethyl adjacent to an activating group) is 1. The van der Waals surface area contributed by atoms with E-state index in [2.05, 4.69) is 26.3 Å². The summed E-state index contributed by atoms with van der Waals surface area (Å²) >= 11 is 3.39. The molecule has 0 spiro atoms. The van der Waals surface area contributed by atoms with Gasteiger partial charge in [0.05, 0.1) is 29.7 Å². The molecule has 0 atom stereocenters. The molecule has 156 valence electrons. The minimum absolute atomic E-state index is 0.0980. The fourth-order valence-corrected chi connectivity index (χ4v) is 3.62. The molecule has 8 heteroatoms. The van der Waals surface area contributed by atoms with Gasteiger partial charge >= 0.3 is 0 Å². The minimum atomic E-state index is -0.341. The van der Waals surface area contributed by atoms with Gasteiger partial charge in [-0.25, -0.2) is 9.07 Å². The average Bonchev–Trinajstić information content (AvgIpc) is 3.14. The van der Waals surface area contributed by atoms with E-state index in [0.717, 1.165) is 10.0 Å². The SMILES string of the molecule is CCc1c(C(=O)N(C)CC(=O)Nc2ccc(Br)cc2C)cnn1-c1ccc(F)cc1. The Bertz CT molecular complexity index is 1080. The molecule has 1 heterocycles. The number of hydrogen-bond acceptors (Lipinski definition) is 3. The molecular weight excluding hydrogens is 451 g/mol. The number of rotatable bonds is 6. The summed E-state index contributed by atoms with van der Waals surface area (Å²) in [6.07, 6.45) is 2.04. The van der Waals surface area contributed by atoms with E-state index in [1.165, 1.54) is 23.2 Å². The predicted molar refractivity (Wildman–Crippen MR) is 117 cm³/mol. The van der Waals surface area contributed by atoms with Crippen molar-refractivity contribution in [1.82, 2.24) is 14.7 Å².